The maximum Gasteiger partial charge on any atom is 0.254 e. The molecular formula is C24H29ClN4O3. The quantitative estimate of drug-likeness (QED) is 0.572. The lowest BCUT2D eigenvalue weighted by molar-refractivity contribution is 0.0117. The number of rotatable bonds is 7. The third-order valence-corrected chi connectivity index (χ3v) is 5.92. The number of nitrogens with zero attached hydrogens (tertiary/aromatic N) is 3. The van der Waals surface area contributed by atoms with Crippen molar-refractivity contribution in [2.24, 2.45) is 0 Å². The van der Waals surface area contributed by atoms with Gasteiger partial charge in [0.1, 0.15) is 11.5 Å². The summed E-state index contributed by atoms with van der Waals surface area (Å²) < 4.78 is 13.2. The molecule has 1 saturated heterocycles. The molecule has 0 saturated carbocycles. The van der Waals surface area contributed by atoms with Crippen LogP contribution in [0.5, 0.6) is 0 Å². The minimum Gasteiger partial charge on any atom is -0.465 e. The van der Waals surface area contributed by atoms with Crippen LogP contribution in [-0.4, -0.2) is 53.4 Å². The van der Waals surface area contributed by atoms with E-state index in [1.165, 1.54) is 0 Å². The lowest BCUT2D eigenvalue weighted by atomic mass is 10.0. The van der Waals surface area contributed by atoms with E-state index in [1.807, 2.05) is 43.3 Å². The fraction of sp³-hybridized carbons (Fsp3) is 0.417. The first-order chi connectivity index (χ1) is 15.4. The zero-order chi connectivity index (χ0) is 22.7. The first-order valence-corrected chi connectivity index (χ1v) is 11.3. The van der Waals surface area contributed by atoms with Crippen LogP contribution in [0.3, 0.4) is 0 Å². The number of aromatic nitrogens is 2. The molecule has 4 rings (SSSR count). The van der Waals surface area contributed by atoms with Gasteiger partial charge in [0.05, 0.1) is 42.4 Å². The molecule has 0 aliphatic carbocycles. The fourth-order valence-electron chi connectivity index (χ4n) is 4.12. The molecule has 1 aromatic carbocycles. The Balaban J connectivity index is 1.56. The zero-order valence-electron chi connectivity index (χ0n) is 18.7. The maximum atomic E-state index is 13.2. The third kappa shape index (κ3) is 4.90. The number of benzene rings is 1. The Hall–Kier alpha value is -2.61. The molecule has 2 aromatic heterocycles. The number of carbonyl (C=O) groups is 1. The van der Waals surface area contributed by atoms with E-state index in [0.717, 1.165) is 36.0 Å². The number of nitrogens with one attached hydrogen (secondary N) is 1. The summed E-state index contributed by atoms with van der Waals surface area (Å²) in [6.07, 6.45) is 1.63. The number of halogens is 1. The Morgan fingerprint density at radius 1 is 1.22 bits per heavy atom. The summed E-state index contributed by atoms with van der Waals surface area (Å²) in [5, 5.41) is 8.24. The van der Waals surface area contributed by atoms with Crippen LogP contribution < -0.4 is 5.32 Å². The molecule has 1 aliphatic rings. The standard InChI is InChI=1S/C24H29ClN4O3/c1-16(2)23-20(14-27-29(23)19-6-4-5-18(25)13-19)24(30)26-15-21(22-8-7-17(3)32-22)28-9-11-31-12-10-28/h4-8,13-14,16,21H,9-12,15H2,1-3H3,(H,26,30). The Labute approximate surface area is 193 Å². The second kappa shape index (κ2) is 9.90. The first-order valence-electron chi connectivity index (χ1n) is 10.9. The van der Waals surface area contributed by atoms with E-state index in [0.29, 0.717) is 30.3 Å². The number of aryl methyl sites for hydroxylation is 1. The highest BCUT2D eigenvalue weighted by Gasteiger charge is 2.27. The van der Waals surface area contributed by atoms with Gasteiger partial charge in [-0.3, -0.25) is 9.69 Å². The van der Waals surface area contributed by atoms with Gasteiger partial charge < -0.3 is 14.5 Å². The largest absolute Gasteiger partial charge is 0.465 e. The van der Waals surface area contributed by atoms with E-state index in [9.17, 15) is 4.79 Å². The van der Waals surface area contributed by atoms with Gasteiger partial charge in [0.15, 0.2) is 0 Å². The number of hydrogen-bond donors (Lipinski definition) is 1. The molecule has 7 nitrogen and oxygen atoms in total. The summed E-state index contributed by atoms with van der Waals surface area (Å²) in [5.74, 6) is 1.65. The van der Waals surface area contributed by atoms with E-state index < -0.39 is 0 Å². The first kappa shape index (κ1) is 22.6. The Kier molecular flexibility index (Phi) is 6.98. The van der Waals surface area contributed by atoms with Gasteiger partial charge in [0.2, 0.25) is 0 Å². The highest BCUT2D eigenvalue weighted by molar-refractivity contribution is 6.30. The molecule has 0 bridgehead atoms. The molecule has 1 unspecified atom stereocenters. The highest BCUT2D eigenvalue weighted by atomic mass is 35.5. The predicted molar refractivity (Wildman–Crippen MR) is 124 cm³/mol. The molecule has 3 aromatic rings. The number of amides is 1. The van der Waals surface area contributed by atoms with Crippen LogP contribution >= 0.6 is 11.6 Å². The number of carbonyl (C=O) groups excluding carboxylic acids is 1. The van der Waals surface area contributed by atoms with Crippen LogP contribution in [0.15, 0.2) is 47.0 Å². The monoisotopic (exact) mass is 456 g/mol. The average Bonchev–Trinajstić information content (AvgIpc) is 3.41. The van der Waals surface area contributed by atoms with Crippen LogP contribution in [0.1, 0.15) is 53.4 Å². The Morgan fingerprint density at radius 3 is 2.66 bits per heavy atom. The van der Waals surface area contributed by atoms with Crippen molar-refractivity contribution in [3.63, 3.8) is 0 Å². The van der Waals surface area contributed by atoms with Crippen molar-refractivity contribution in [2.75, 3.05) is 32.8 Å². The van der Waals surface area contributed by atoms with Gasteiger partial charge in [0.25, 0.3) is 5.91 Å². The molecule has 1 amide bonds. The van der Waals surface area contributed by atoms with Gasteiger partial charge in [-0.15, -0.1) is 0 Å². The highest BCUT2D eigenvalue weighted by Crippen LogP contribution is 2.26. The van der Waals surface area contributed by atoms with Crippen molar-refractivity contribution in [1.29, 1.82) is 0 Å². The molecule has 3 heterocycles. The number of ether oxygens (including phenoxy) is 1. The summed E-state index contributed by atoms with van der Waals surface area (Å²) in [6.45, 7) is 9.41. The third-order valence-electron chi connectivity index (χ3n) is 5.68. The van der Waals surface area contributed by atoms with Crippen molar-refractivity contribution < 1.29 is 13.9 Å². The Bertz CT molecular complexity index is 1070. The molecule has 1 fully saturated rings. The molecule has 0 spiro atoms. The van der Waals surface area contributed by atoms with Crippen molar-refractivity contribution >= 4 is 17.5 Å². The van der Waals surface area contributed by atoms with Gasteiger partial charge in [-0.2, -0.15) is 5.10 Å². The molecule has 0 radical (unpaired) electrons. The number of hydrogen-bond acceptors (Lipinski definition) is 5. The van der Waals surface area contributed by atoms with Crippen LogP contribution in [0.2, 0.25) is 5.02 Å². The van der Waals surface area contributed by atoms with E-state index in [2.05, 4.69) is 29.2 Å². The number of furan rings is 1. The van der Waals surface area contributed by atoms with Gasteiger partial charge >= 0.3 is 0 Å². The molecule has 170 valence electrons. The van der Waals surface area contributed by atoms with E-state index in [4.69, 9.17) is 20.8 Å². The predicted octanol–water partition coefficient (Wildman–Crippen LogP) is 4.35. The lowest BCUT2D eigenvalue weighted by Gasteiger charge is -2.33. The van der Waals surface area contributed by atoms with Crippen molar-refractivity contribution in [3.8, 4) is 5.69 Å². The van der Waals surface area contributed by atoms with Crippen LogP contribution in [-0.2, 0) is 4.74 Å². The molecule has 1 aliphatic heterocycles. The average molecular weight is 457 g/mol. The van der Waals surface area contributed by atoms with Gasteiger partial charge in [-0.05, 0) is 43.2 Å². The van der Waals surface area contributed by atoms with Gasteiger partial charge in [0, 0.05) is 24.7 Å². The maximum absolute atomic E-state index is 13.2. The van der Waals surface area contributed by atoms with Crippen molar-refractivity contribution in [1.82, 2.24) is 20.0 Å². The topological polar surface area (TPSA) is 72.5 Å². The SMILES string of the molecule is Cc1ccc(C(CNC(=O)c2cnn(-c3cccc(Cl)c3)c2C(C)C)N2CCOCC2)o1. The van der Waals surface area contributed by atoms with Crippen LogP contribution in [0.4, 0.5) is 0 Å². The van der Waals surface area contributed by atoms with Crippen LogP contribution in [0.25, 0.3) is 5.69 Å². The summed E-state index contributed by atoms with van der Waals surface area (Å²) in [6, 6.07) is 11.4. The summed E-state index contributed by atoms with van der Waals surface area (Å²) in [7, 11) is 0. The summed E-state index contributed by atoms with van der Waals surface area (Å²) in [5.41, 5.74) is 2.25. The van der Waals surface area contributed by atoms with E-state index in [1.54, 1.807) is 10.9 Å². The second-order valence-electron chi connectivity index (χ2n) is 8.31. The van der Waals surface area contributed by atoms with Gasteiger partial charge in [-0.25, -0.2) is 4.68 Å². The molecule has 1 atom stereocenters. The van der Waals surface area contributed by atoms with E-state index >= 15 is 0 Å². The molecule has 8 heteroatoms. The zero-order valence-corrected chi connectivity index (χ0v) is 19.4. The second-order valence-corrected chi connectivity index (χ2v) is 8.75. The minimum atomic E-state index is -0.150. The fourth-order valence-corrected chi connectivity index (χ4v) is 4.30. The lowest BCUT2D eigenvalue weighted by Crippen LogP contribution is -2.43. The minimum absolute atomic E-state index is 0.0537. The van der Waals surface area contributed by atoms with Crippen molar-refractivity contribution in [3.05, 3.63) is 70.4 Å². The van der Waals surface area contributed by atoms with E-state index in [-0.39, 0.29) is 17.9 Å². The summed E-state index contributed by atoms with van der Waals surface area (Å²) >= 11 is 6.17. The molecular weight excluding hydrogens is 428 g/mol. The van der Waals surface area contributed by atoms with Crippen LogP contribution in [0, 0.1) is 6.92 Å². The van der Waals surface area contributed by atoms with Crippen molar-refractivity contribution in [2.45, 2.75) is 32.7 Å². The van der Waals surface area contributed by atoms with Gasteiger partial charge in [-0.1, -0.05) is 31.5 Å². The molecule has 1 N–H and O–H groups in total. The normalized spacial score (nSPS) is 15.8. The molecule has 32 heavy (non-hydrogen) atoms. The Morgan fingerprint density at radius 2 is 2.00 bits per heavy atom. The smallest absolute Gasteiger partial charge is 0.254 e. The summed E-state index contributed by atoms with van der Waals surface area (Å²) in [4.78, 5) is 15.5. The number of morpholine rings is 1.